The molecule has 0 saturated heterocycles. The molecule has 0 heterocycles. The zero-order valence-electron chi connectivity index (χ0n) is 6.82. The SMILES string of the molecule is CC(F)CS(=O)(=O)C(C)C(=O)O. The zero-order valence-corrected chi connectivity index (χ0v) is 7.64. The minimum Gasteiger partial charge on any atom is -0.480 e. The van der Waals surface area contributed by atoms with Crippen molar-refractivity contribution in [2.75, 3.05) is 5.75 Å². The summed E-state index contributed by atoms with van der Waals surface area (Å²) in [5.41, 5.74) is 0. The smallest absolute Gasteiger partial charge is 0.321 e. The predicted octanol–water partition coefficient (Wildman–Crippen LogP) is 0.232. The molecule has 1 N–H and O–H groups in total. The first-order chi connectivity index (χ1) is 5.27. The van der Waals surface area contributed by atoms with Gasteiger partial charge in [-0.15, -0.1) is 0 Å². The van der Waals surface area contributed by atoms with Gasteiger partial charge in [0.1, 0.15) is 6.17 Å². The standard InChI is InChI=1S/C6H11FO4S/c1-4(7)3-12(10,11)5(2)6(8)9/h4-5H,3H2,1-2H3,(H,8,9). The van der Waals surface area contributed by atoms with E-state index in [4.69, 9.17) is 5.11 Å². The molecule has 6 heteroatoms. The third kappa shape index (κ3) is 3.17. The van der Waals surface area contributed by atoms with E-state index in [1.807, 2.05) is 0 Å². The molecule has 0 aliphatic heterocycles. The molecular weight excluding hydrogens is 187 g/mol. The van der Waals surface area contributed by atoms with Crippen molar-refractivity contribution >= 4 is 15.8 Å². The Morgan fingerprint density at radius 3 is 2.17 bits per heavy atom. The van der Waals surface area contributed by atoms with Gasteiger partial charge in [-0.3, -0.25) is 4.79 Å². The predicted molar refractivity (Wildman–Crippen MR) is 41.5 cm³/mol. The lowest BCUT2D eigenvalue weighted by atomic mass is 10.5. The van der Waals surface area contributed by atoms with E-state index in [9.17, 15) is 17.6 Å². The molecule has 0 saturated carbocycles. The van der Waals surface area contributed by atoms with E-state index in [1.54, 1.807) is 0 Å². The Labute approximate surface area is 70.3 Å². The zero-order chi connectivity index (χ0) is 9.94. The summed E-state index contributed by atoms with van der Waals surface area (Å²) in [5, 5.41) is 6.80. The molecule has 0 rings (SSSR count). The van der Waals surface area contributed by atoms with Crippen molar-refractivity contribution in [1.82, 2.24) is 0 Å². The lowest BCUT2D eigenvalue weighted by Crippen LogP contribution is -2.31. The second-order valence-corrected chi connectivity index (χ2v) is 4.96. The maximum Gasteiger partial charge on any atom is 0.321 e. The minimum absolute atomic E-state index is 0.736. The minimum atomic E-state index is -3.83. The van der Waals surface area contributed by atoms with Gasteiger partial charge in [-0.25, -0.2) is 12.8 Å². The van der Waals surface area contributed by atoms with Gasteiger partial charge in [-0.1, -0.05) is 0 Å². The van der Waals surface area contributed by atoms with Crippen LogP contribution in [0.4, 0.5) is 4.39 Å². The Morgan fingerprint density at radius 2 is 1.92 bits per heavy atom. The van der Waals surface area contributed by atoms with Gasteiger partial charge in [-0.05, 0) is 13.8 Å². The van der Waals surface area contributed by atoms with E-state index in [-0.39, 0.29) is 0 Å². The number of halogens is 1. The molecule has 0 aliphatic carbocycles. The maximum atomic E-state index is 12.2. The number of hydrogen-bond donors (Lipinski definition) is 1. The molecule has 0 aromatic heterocycles. The van der Waals surface area contributed by atoms with Gasteiger partial charge in [0.15, 0.2) is 15.1 Å². The number of aliphatic carboxylic acids is 1. The van der Waals surface area contributed by atoms with Gasteiger partial charge in [0.2, 0.25) is 0 Å². The number of carboxylic acids is 1. The average Bonchev–Trinajstić information content (AvgIpc) is 1.82. The average molecular weight is 198 g/mol. The van der Waals surface area contributed by atoms with Crippen LogP contribution < -0.4 is 0 Å². The van der Waals surface area contributed by atoms with Crippen molar-refractivity contribution in [3.8, 4) is 0 Å². The number of carboxylic acid groups (broad SMARTS) is 1. The Bertz CT molecular complexity index is 257. The van der Waals surface area contributed by atoms with E-state index in [2.05, 4.69) is 0 Å². The van der Waals surface area contributed by atoms with Crippen LogP contribution in [-0.2, 0) is 14.6 Å². The molecule has 0 amide bonds. The number of hydrogen-bond acceptors (Lipinski definition) is 3. The molecule has 2 unspecified atom stereocenters. The molecule has 0 radical (unpaired) electrons. The molecule has 0 aromatic carbocycles. The monoisotopic (exact) mass is 198 g/mol. The van der Waals surface area contributed by atoms with Crippen LogP contribution in [0.3, 0.4) is 0 Å². The molecule has 2 atom stereocenters. The highest BCUT2D eigenvalue weighted by molar-refractivity contribution is 7.92. The van der Waals surface area contributed by atoms with Gasteiger partial charge >= 0.3 is 5.97 Å². The summed E-state index contributed by atoms with van der Waals surface area (Å²) in [6.07, 6.45) is -1.53. The van der Waals surface area contributed by atoms with Crippen LogP contribution in [0.15, 0.2) is 0 Å². The van der Waals surface area contributed by atoms with Gasteiger partial charge in [0.25, 0.3) is 0 Å². The van der Waals surface area contributed by atoms with Crippen molar-refractivity contribution in [1.29, 1.82) is 0 Å². The van der Waals surface area contributed by atoms with Crippen LogP contribution in [0.1, 0.15) is 13.8 Å². The first-order valence-corrected chi connectivity index (χ1v) is 5.07. The third-order valence-electron chi connectivity index (χ3n) is 1.35. The van der Waals surface area contributed by atoms with E-state index >= 15 is 0 Å². The van der Waals surface area contributed by atoms with Crippen LogP contribution >= 0.6 is 0 Å². The lowest BCUT2D eigenvalue weighted by molar-refractivity contribution is -0.136. The van der Waals surface area contributed by atoms with Crippen LogP contribution in [0, 0.1) is 0 Å². The Morgan fingerprint density at radius 1 is 1.50 bits per heavy atom. The summed E-state index contributed by atoms with van der Waals surface area (Å²) in [5.74, 6) is -2.18. The number of alkyl halides is 1. The fraction of sp³-hybridized carbons (Fsp3) is 0.833. The lowest BCUT2D eigenvalue weighted by Gasteiger charge is -2.08. The first kappa shape index (κ1) is 11.4. The molecule has 12 heavy (non-hydrogen) atoms. The quantitative estimate of drug-likeness (QED) is 0.702. The summed E-state index contributed by atoms with van der Waals surface area (Å²) in [6, 6.07) is 0. The van der Waals surface area contributed by atoms with E-state index < -0.39 is 33.0 Å². The normalized spacial score (nSPS) is 16.9. The summed E-state index contributed by atoms with van der Waals surface area (Å²) in [6.45, 7) is 2.10. The fourth-order valence-electron chi connectivity index (χ4n) is 0.618. The molecule has 0 aromatic rings. The highest BCUT2D eigenvalue weighted by atomic mass is 32.2. The topological polar surface area (TPSA) is 71.4 Å². The highest BCUT2D eigenvalue weighted by Crippen LogP contribution is 2.05. The van der Waals surface area contributed by atoms with Crippen molar-refractivity contribution in [3.63, 3.8) is 0 Å². The van der Waals surface area contributed by atoms with Crippen molar-refractivity contribution in [3.05, 3.63) is 0 Å². The molecular formula is C6H11FO4S. The third-order valence-corrected chi connectivity index (χ3v) is 3.55. The number of carbonyl (C=O) groups is 1. The summed E-state index contributed by atoms with van der Waals surface area (Å²) >= 11 is 0. The fourth-order valence-corrected chi connectivity index (χ4v) is 1.85. The Balaban J connectivity index is 4.52. The molecule has 4 nitrogen and oxygen atoms in total. The van der Waals surface area contributed by atoms with Crippen LogP contribution in [0.5, 0.6) is 0 Å². The summed E-state index contributed by atoms with van der Waals surface area (Å²) < 4.78 is 34.2. The second kappa shape index (κ2) is 3.84. The second-order valence-electron chi connectivity index (χ2n) is 2.59. The van der Waals surface area contributed by atoms with Crippen LogP contribution in [-0.4, -0.2) is 36.7 Å². The molecule has 72 valence electrons. The van der Waals surface area contributed by atoms with Gasteiger partial charge in [0, 0.05) is 0 Å². The summed E-state index contributed by atoms with van der Waals surface area (Å²) in [4.78, 5) is 10.2. The van der Waals surface area contributed by atoms with Crippen LogP contribution in [0.25, 0.3) is 0 Å². The van der Waals surface area contributed by atoms with E-state index in [0.717, 1.165) is 13.8 Å². The van der Waals surface area contributed by atoms with Gasteiger partial charge < -0.3 is 5.11 Å². The number of sulfone groups is 1. The highest BCUT2D eigenvalue weighted by Gasteiger charge is 2.28. The van der Waals surface area contributed by atoms with Crippen LogP contribution in [0.2, 0.25) is 0 Å². The molecule has 0 spiro atoms. The molecule has 0 bridgehead atoms. The Kier molecular flexibility index (Phi) is 3.63. The van der Waals surface area contributed by atoms with E-state index in [1.165, 1.54) is 0 Å². The Hall–Kier alpha value is -0.650. The van der Waals surface area contributed by atoms with Crippen molar-refractivity contribution < 1.29 is 22.7 Å². The van der Waals surface area contributed by atoms with Crippen molar-refractivity contribution in [2.24, 2.45) is 0 Å². The first-order valence-electron chi connectivity index (χ1n) is 3.36. The maximum absolute atomic E-state index is 12.2. The number of rotatable bonds is 4. The van der Waals surface area contributed by atoms with E-state index in [0.29, 0.717) is 0 Å². The largest absolute Gasteiger partial charge is 0.480 e. The summed E-state index contributed by atoms with van der Waals surface area (Å²) in [7, 11) is -3.83. The molecule has 0 fully saturated rings. The molecule has 0 aliphatic rings. The van der Waals surface area contributed by atoms with Gasteiger partial charge in [0.05, 0.1) is 5.75 Å². The van der Waals surface area contributed by atoms with Gasteiger partial charge in [-0.2, -0.15) is 0 Å². The van der Waals surface area contributed by atoms with Crippen molar-refractivity contribution in [2.45, 2.75) is 25.3 Å².